The van der Waals surface area contributed by atoms with E-state index in [1.165, 1.54) is 0 Å². The molecule has 112 valence electrons. The van der Waals surface area contributed by atoms with Gasteiger partial charge in [0.2, 0.25) is 0 Å². The molecule has 0 aliphatic heterocycles. The number of hydrogen-bond acceptors (Lipinski definition) is 5. The first-order valence-corrected chi connectivity index (χ1v) is 7.22. The van der Waals surface area contributed by atoms with E-state index in [1.807, 2.05) is 37.4 Å². The number of aromatic nitrogens is 2. The maximum atomic E-state index is 8.80. The van der Waals surface area contributed by atoms with Gasteiger partial charge in [0.25, 0.3) is 0 Å². The van der Waals surface area contributed by atoms with E-state index in [-0.39, 0.29) is 6.61 Å². The summed E-state index contributed by atoms with van der Waals surface area (Å²) in [6, 6.07) is 11.6. The monoisotopic (exact) mass is 286 g/mol. The maximum absolute atomic E-state index is 8.80. The van der Waals surface area contributed by atoms with Crippen molar-refractivity contribution in [2.75, 3.05) is 30.8 Å². The lowest BCUT2D eigenvalue weighted by atomic mass is 10.2. The summed E-state index contributed by atoms with van der Waals surface area (Å²) in [7, 11) is 2.00. The molecule has 3 N–H and O–H groups in total. The summed E-state index contributed by atoms with van der Waals surface area (Å²) in [6.45, 7) is 1.13. The van der Waals surface area contributed by atoms with Crippen molar-refractivity contribution in [1.29, 1.82) is 0 Å². The highest BCUT2D eigenvalue weighted by Crippen LogP contribution is 2.20. The minimum Gasteiger partial charge on any atom is -0.396 e. The molecule has 1 aromatic carbocycles. The number of aliphatic hydroxyl groups excluding tert-OH is 1. The minimum atomic E-state index is 0.252. The van der Waals surface area contributed by atoms with Gasteiger partial charge in [0.15, 0.2) is 5.82 Å². The molecule has 0 saturated carbocycles. The summed E-state index contributed by atoms with van der Waals surface area (Å²) in [5, 5.41) is 8.80. The molecule has 0 amide bonds. The predicted molar refractivity (Wildman–Crippen MR) is 86.1 cm³/mol. The van der Waals surface area contributed by atoms with E-state index in [0.717, 1.165) is 37.2 Å². The highest BCUT2D eigenvalue weighted by atomic mass is 16.2. The largest absolute Gasteiger partial charge is 0.396 e. The number of hydrogen-bond donors (Lipinski definition) is 2. The molecule has 21 heavy (non-hydrogen) atoms. The summed E-state index contributed by atoms with van der Waals surface area (Å²) >= 11 is 0. The molecule has 0 unspecified atom stereocenters. The van der Waals surface area contributed by atoms with Crippen molar-refractivity contribution in [3.8, 4) is 11.4 Å². The van der Waals surface area contributed by atoms with Crippen LogP contribution in [0.3, 0.4) is 0 Å². The zero-order chi connectivity index (χ0) is 15.1. The van der Waals surface area contributed by atoms with Crippen molar-refractivity contribution in [2.24, 2.45) is 0 Å². The van der Waals surface area contributed by atoms with Gasteiger partial charge in [0.1, 0.15) is 11.6 Å². The molecule has 0 atom stereocenters. The van der Waals surface area contributed by atoms with Crippen LogP contribution < -0.4 is 10.6 Å². The van der Waals surface area contributed by atoms with Crippen LogP contribution in [-0.2, 0) is 0 Å². The topological polar surface area (TPSA) is 75.3 Å². The molecule has 0 aliphatic rings. The predicted octanol–water partition coefficient (Wildman–Crippen LogP) is 2.32. The van der Waals surface area contributed by atoms with Gasteiger partial charge in [-0.2, -0.15) is 0 Å². The molecule has 0 spiro atoms. The Balaban J connectivity index is 2.11. The molecular weight excluding hydrogens is 264 g/mol. The molecule has 0 saturated heterocycles. The highest BCUT2D eigenvalue weighted by molar-refractivity contribution is 5.60. The zero-order valence-corrected chi connectivity index (χ0v) is 12.4. The van der Waals surface area contributed by atoms with Crippen molar-refractivity contribution in [2.45, 2.75) is 19.3 Å². The zero-order valence-electron chi connectivity index (χ0n) is 12.4. The second-order valence-corrected chi connectivity index (χ2v) is 5.05. The number of nitrogen functional groups attached to an aromatic ring is 1. The molecule has 5 nitrogen and oxygen atoms in total. The molecule has 0 radical (unpaired) electrons. The smallest absolute Gasteiger partial charge is 0.163 e. The van der Waals surface area contributed by atoms with Crippen LogP contribution >= 0.6 is 0 Å². The Morgan fingerprint density at radius 2 is 1.86 bits per heavy atom. The third-order valence-electron chi connectivity index (χ3n) is 3.31. The first-order valence-electron chi connectivity index (χ1n) is 7.22. The van der Waals surface area contributed by atoms with Crippen molar-refractivity contribution >= 4 is 11.6 Å². The van der Waals surface area contributed by atoms with Gasteiger partial charge in [-0.05, 0) is 19.3 Å². The third kappa shape index (κ3) is 4.43. The van der Waals surface area contributed by atoms with Crippen LogP contribution in [-0.4, -0.2) is 35.3 Å². The van der Waals surface area contributed by atoms with Gasteiger partial charge in [0.05, 0.1) is 0 Å². The van der Waals surface area contributed by atoms with E-state index in [4.69, 9.17) is 10.8 Å². The molecular formula is C16H22N4O. The number of rotatable bonds is 7. The molecule has 1 heterocycles. The Labute approximate surface area is 125 Å². The van der Waals surface area contributed by atoms with Crippen LogP contribution in [0.4, 0.5) is 11.6 Å². The summed E-state index contributed by atoms with van der Waals surface area (Å²) in [5.74, 6) is 1.94. The van der Waals surface area contributed by atoms with Crippen LogP contribution in [0.5, 0.6) is 0 Å². The Morgan fingerprint density at radius 1 is 1.10 bits per heavy atom. The maximum Gasteiger partial charge on any atom is 0.163 e. The number of benzene rings is 1. The van der Waals surface area contributed by atoms with Gasteiger partial charge in [0, 0.05) is 31.8 Å². The standard InChI is InChI=1S/C16H22N4O/c1-20(10-6-3-7-11-21)15-12-14(17)18-16(19-15)13-8-4-2-5-9-13/h2,4-5,8-9,12,21H,3,6-7,10-11H2,1H3,(H2,17,18,19). The third-order valence-corrected chi connectivity index (χ3v) is 3.31. The second kappa shape index (κ2) is 7.59. The fourth-order valence-electron chi connectivity index (χ4n) is 2.12. The van der Waals surface area contributed by atoms with Crippen molar-refractivity contribution in [3.63, 3.8) is 0 Å². The Bertz CT molecular complexity index is 559. The molecule has 0 fully saturated rings. The van der Waals surface area contributed by atoms with E-state index >= 15 is 0 Å². The Hall–Kier alpha value is -2.14. The number of nitrogens with zero attached hydrogens (tertiary/aromatic N) is 3. The molecule has 0 aliphatic carbocycles. The second-order valence-electron chi connectivity index (χ2n) is 5.05. The van der Waals surface area contributed by atoms with Crippen LogP contribution in [0.15, 0.2) is 36.4 Å². The van der Waals surface area contributed by atoms with E-state index in [2.05, 4.69) is 14.9 Å². The summed E-state index contributed by atoms with van der Waals surface area (Å²) in [4.78, 5) is 11.0. The lowest BCUT2D eigenvalue weighted by molar-refractivity contribution is 0.283. The van der Waals surface area contributed by atoms with Gasteiger partial charge in [-0.1, -0.05) is 30.3 Å². The number of nitrogens with two attached hydrogens (primary N) is 1. The fourth-order valence-corrected chi connectivity index (χ4v) is 2.12. The van der Waals surface area contributed by atoms with Gasteiger partial charge >= 0.3 is 0 Å². The van der Waals surface area contributed by atoms with Crippen LogP contribution in [0.2, 0.25) is 0 Å². The SMILES string of the molecule is CN(CCCCCO)c1cc(N)nc(-c2ccccc2)n1. The van der Waals surface area contributed by atoms with E-state index < -0.39 is 0 Å². The van der Waals surface area contributed by atoms with Crippen LogP contribution in [0.25, 0.3) is 11.4 Å². The first-order chi connectivity index (χ1) is 10.2. The first kappa shape index (κ1) is 15.3. The van der Waals surface area contributed by atoms with Crippen LogP contribution in [0, 0.1) is 0 Å². The average molecular weight is 286 g/mol. The van der Waals surface area contributed by atoms with Gasteiger partial charge < -0.3 is 15.7 Å². The Kier molecular flexibility index (Phi) is 5.51. The van der Waals surface area contributed by atoms with E-state index in [1.54, 1.807) is 6.07 Å². The van der Waals surface area contributed by atoms with Gasteiger partial charge in [-0.3, -0.25) is 0 Å². The lowest BCUT2D eigenvalue weighted by Crippen LogP contribution is -2.20. The number of anilines is 2. The van der Waals surface area contributed by atoms with Gasteiger partial charge in [-0.25, -0.2) is 9.97 Å². The molecule has 2 aromatic rings. The Morgan fingerprint density at radius 3 is 2.57 bits per heavy atom. The van der Waals surface area contributed by atoms with Crippen molar-refractivity contribution in [1.82, 2.24) is 9.97 Å². The molecule has 5 heteroatoms. The van der Waals surface area contributed by atoms with E-state index in [9.17, 15) is 0 Å². The van der Waals surface area contributed by atoms with Gasteiger partial charge in [-0.15, -0.1) is 0 Å². The molecule has 0 bridgehead atoms. The molecule has 2 rings (SSSR count). The highest BCUT2D eigenvalue weighted by Gasteiger charge is 2.08. The van der Waals surface area contributed by atoms with Crippen LogP contribution in [0.1, 0.15) is 19.3 Å². The normalized spacial score (nSPS) is 10.6. The quantitative estimate of drug-likeness (QED) is 0.764. The minimum absolute atomic E-state index is 0.252. The fraction of sp³-hybridized carbons (Fsp3) is 0.375. The van der Waals surface area contributed by atoms with Crippen molar-refractivity contribution < 1.29 is 5.11 Å². The number of unbranched alkanes of at least 4 members (excludes halogenated alkanes) is 2. The summed E-state index contributed by atoms with van der Waals surface area (Å²) in [5.41, 5.74) is 6.86. The van der Waals surface area contributed by atoms with E-state index in [0.29, 0.717) is 11.6 Å². The number of aliphatic hydroxyl groups is 1. The van der Waals surface area contributed by atoms with Crippen molar-refractivity contribution in [3.05, 3.63) is 36.4 Å². The average Bonchev–Trinajstić information content (AvgIpc) is 2.51. The lowest BCUT2D eigenvalue weighted by Gasteiger charge is -2.19. The summed E-state index contributed by atoms with van der Waals surface area (Å²) < 4.78 is 0. The molecule has 1 aromatic heterocycles. The summed E-state index contributed by atoms with van der Waals surface area (Å²) in [6.07, 6.45) is 2.86.